The van der Waals surface area contributed by atoms with Gasteiger partial charge in [-0.1, -0.05) is 35.9 Å². The molecule has 0 bridgehead atoms. The maximum Gasteiger partial charge on any atom is 0.294 e. The molecule has 34 heavy (non-hydrogen) atoms. The number of hydrogen-bond acceptors (Lipinski definition) is 6. The zero-order valence-corrected chi connectivity index (χ0v) is 19.1. The number of H-pyrrole nitrogens is 1. The normalized spacial score (nSPS) is 10.5. The second-order valence-electron chi connectivity index (χ2n) is 7.25. The number of hydrogen-bond donors (Lipinski definition) is 1. The number of aryl methyl sites for hydroxylation is 1. The fraction of sp³-hybridized carbons (Fsp3) is 0.120. The Morgan fingerprint density at radius 3 is 2.56 bits per heavy atom. The van der Waals surface area contributed by atoms with E-state index in [-0.39, 0.29) is 16.3 Å². The van der Waals surface area contributed by atoms with E-state index in [2.05, 4.69) is 10.1 Å². The van der Waals surface area contributed by atoms with Crippen molar-refractivity contribution in [3.05, 3.63) is 97.8 Å². The van der Waals surface area contributed by atoms with Crippen LogP contribution in [0.3, 0.4) is 0 Å². The molecule has 8 nitrogen and oxygen atoms in total. The van der Waals surface area contributed by atoms with Crippen molar-refractivity contribution in [1.82, 2.24) is 14.8 Å². The molecule has 0 aliphatic carbocycles. The highest BCUT2D eigenvalue weighted by molar-refractivity contribution is 6.31. The number of nitrogens with zero attached hydrogens (tertiary/aromatic N) is 3. The molecule has 0 radical (unpaired) electrons. The summed E-state index contributed by atoms with van der Waals surface area (Å²) in [4.78, 5) is 27.6. The van der Waals surface area contributed by atoms with Gasteiger partial charge in [-0.2, -0.15) is 15.0 Å². The number of benzene rings is 2. The lowest BCUT2D eigenvalue weighted by atomic mass is 10.0. The molecule has 0 unspecified atom stereocenters. The minimum absolute atomic E-state index is 0.00140. The lowest BCUT2D eigenvalue weighted by molar-refractivity contribution is 0.321. The molecule has 0 amide bonds. The predicted octanol–water partition coefficient (Wildman–Crippen LogP) is 4.61. The zero-order chi connectivity index (χ0) is 24.2. The van der Waals surface area contributed by atoms with Crippen molar-refractivity contribution in [3.63, 3.8) is 0 Å². The maximum absolute atomic E-state index is 12.8. The summed E-state index contributed by atoms with van der Waals surface area (Å²) in [5.41, 5.74) is 1.27. The molecule has 0 saturated carbocycles. The van der Waals surface area contributed by atoms with Gasteiger partial charge in [0.1, 0.15) is 11.6 Å². The molecule has 170 valence electrons. The summed E-state index contributed by atoms with van der Waals surface area (Å²) in [5.74, 6) is 0.716. The van der Waals surface area contributed by atoms with Crippen LogP contribution in [-0.4, -0.2) is 21.4 Å². The molecule has 0 fully saturated rings. The van der Waals surface area contributed by atoms with Crippen LogP contribution in [0.1, 0.15) is 18.2 Å². The Morgan fingerprint density at radius 1 is 1.09 bits per heavy atom. The number of aromatic amines is 1. The van der Waals surface area contributed by atoms with Gasteiger partial charge in [-0.05, 0) is 49.7 Å². The molecule has 0 atom stereocenters. The van der Waals surface area contributed by atoms with Crippen molar-refractivity contribution in [1.29, 1.82) is 5.26 Å². The molecule has 2 aromatic carbocycles. The van der Waals surface area contributed by atoms with Crippen molar-refractivity contribution in [3.8, 4) is 40.1 Å². The Kier molecular flexibility index (Phi) is 6.48. The van der Waals surface area contributed by atoms with E-state index in [1.807, 2.05) is 19.1 Å². The van der Waals surface area contributed by atoms with E-state index in [1.165, 1.54) is 10.9 Å². The topological polar surface area (TPSA) is 110 Å². The van der Waals surface area contributed by atoms with Crippen LogP contribution in [0.25, 0.3) is 16.8 Å². The van der Waals surface area contributed by atoms with Crippen LogP contribution in [0, 0.1) is 18.3 Å². The minimum Gasteiger partial charge on any atom is -0.490 e. The summed E-state index contributed by atoms with van der Waals surface area (Å²) >= 11 is 6.32. The highest BCUT2D eigenvalue weighted by Gasteiger charge is 2.17. The summed E-state index contributed by atoms with van der Waals surface area (Å²) in [6.45, 7) is 3.88. The number of pyridine rings is 1. The Hall–Kier alpha value is -4.35. The molecular formula is C25H19ClN4O4. The molecule has 1 N–H and O–H groups in total. The second kappa shape index (κ2) is 9.65. The molecule has 0 aliphatic heterocycles. The van der Waals surface area contributed by atoms with Crippen LogP contribution >= 0.6 is 11.6 Å². The summed E-state index contributed by atoms with van der Waals surface area (Å²) in [5, 5.41) is 13.5. The smallest absolute Gasteiger partial charge is 0.294 e. The van der Waals surface area contributed by atoms with Gasteiger partial charge in [-0.25, -0.2) is 0 Å². The Morgan fingerprint density at radius 2 is 1.85 bits per heavy atom. The van der Waals surface area contributed by atoms with Crippen molar-refractivity contribution < 1.29 is 9.47 Å². The molecule has 0 saturated heterocycles. The van der Waals surface area contributed by atoms with Gasteiger partial charge in [0, 0.05) is 11.3 Å². The van der Waals surface area contributed by atoms with Crippen LogP contribution in [0.5, 0.6) is 17.2 Å². The standard InChI is InChI=1S/C25H19ClN4O4/c1-3-33-21-12-16(18-11-15(2)29-24(31)19(18)13-27)9-10-20(21)34-22-14-28-30(25(32)23(22)26)17-7-5-4-6-8-17/h4-12,14H,3H2,1-2H3,(H,29,31). The fourth-order valence-electron chi connectivity index (χ4n) is 3.42. The summed E-state index contributed by atoms with van der Waals surface area (Å²) in [7, 11) is 0. The van der Waals surface area contributed by atoms with Crippen LogP contribution in [-0.2, 0) is 0 Å². The number of para-hydroxylation sites is 1. The number of rotatable bonds is 6. The lowest BCUT2D eigenvalue weighted by Crippen LogP contribution is -2.21. The Bertz CT molecular complexity index is 1520. The zero-order valence-electron chi connectivity index (χ0n) is 18.3. The number of halogens is 1. The molecular weight excluding hydrogens is 456 g/mol. The van der Waals surface area contributed by atoms with Crippen molar-refractivity contribution in [2.75, 3.05) is 6.61 Å². The second-order valence-corrected chi connectivity index (χ2v) is 7.63. The van der Waals surface area contributed by atoms with E-state index in [0.717, 1.165) is 0 Å². The summed E-state index contributed by atoms with van der Waals surface area (Å²) in [6, 6.07) is 17.5. The van der Waals surface area contributed by atoms with Crippen molar-refractivity contribution >= 4 is 11.6 Å². The number of nitriles is 1. The van der Waals surface area contributed by atoms with Crippen LogP contribution in [0.15, 0.2) is 70.4 Å². The average molecular weight is 475 g/mol. The van der Waals surface area contributed by atoms with E-state index >= 15 is 0 Å². The highest BCUT2D eigenvalue weighted by atomic mass is 35.5. The Labute approximate surface area is 199 Å². The van der Waals surface area contributed by atoms with E-state index in [9.17, 15) is 14.9 Å². The average Bonchev–Trinajstić information content (AvgIpc) is 2.83. The van der Waals surface area contributed by atoms with Crippen LogP contribution < -0.4 is 20.6 Å². The highest BCUT2D eigenvalue weighted by Crippen LogP contribution is 2.37. The largest absolute Gasteiger partial charge is 0.490 e. The van der Waals surface area contributed by atoms with Gasteiger partial charge in [0.2, 0.25) is 0 Å². The summed E-state index contributed by atoms with van der Waals surface area (Å²) in [6.07, 6.45) is 1.36. The fourth-order valence-corrected chi connectivity index (χ4v) is 3.58. The molecule has 4 rings (SSSR count). The first kappa shape index (κ1) is 22.8. The molecule has 9 heteroatoms. The maximum atomic E-state index is 12.8. The minimum atomic E-state index is -0.530. The van der Waals surface area contributed by atoms with Crippen molar-refractivity contribution in [2.45, 2.75) is 13.8 Å². The van der Waals surface area contributed by atoms with E-state index in [0.29, 0.717) is 40.6 Å². The summed E-state index contributed by atoms with van der Waals surface area (Å²) < 4.78 is 12.8. The van der Waals surface area contributed by atoms with Crippen LogP contribution in [0.2, 0.25) is 5.02 Å². The van der Waals surface area contributed by atoms with Crippen LogP contribution in [0.4, 0.5) is 0 Å². The van der Waals surface area contributed by atoms with Gasteiger partial charge in [0.15, 0.2) is 22.3 Å². The molecule has 0 aliphatic rings. The third-order valence-corrected chi connectivity index (χ3v) is 5.29. The van der Waals surface area contributed by atoms with Gasteiger partial charge in [0.25, 0.3) is 11.1 Å². The molecule has 2 heterocycles. The monoisotopic (exact) mass is 474 g/mol. The third-order valence-electron chi connectivity index (χ3n) is 4.94. The first-order valence-corrected chi connectivity index (χ1v) is 10.7. The SMILES string of the molecule is CCOc1cc(-c2cc(C)[nH]c(=O)c2C#N)ccc1Oc1cnn(-c2ccccc2)c(=O)c1Cl. The van der Waals surface area contributed by atoms with E-state index in [4.69, 9.17) is 21.1 Å². The molecule has 2 aromatic heterocycles. The number of nitrogens with one attached hydrogen (secondary N) is 1. The lowest BCUT2D eigenvalue weighted by Gasteiger charge is -2.15. The Balaban J connectivity index is 1.74. The predicted molar refractivity (Wildman–Crippen MR) is 128 cm³/mol. The van der Waals surface area contributed by atoms with E-state index in [1.54, 1.807) is 55.5 Å². The first-order chi connectivity index (χ1) is 16.4. The van der Waals surface area contributed by atoms with Gasteiger partial charge in [0.05, 0.1) is 18.5 Å². The van der Waals surface area contributed by atoms with Gasteiger partial charge >= 0.3 is 0 Å². The molecule has 0 spiro atoms. The molecule has 4 aromatic rings. The number of aromatic nitrogens is 3. The third kappa shape index (κ3) is 4.42. The van der Waals surface area contributed by atoms with Crippen molar-refractivity contribution in [2.24, 2.45) is 0 Å². The van der Waals surface area contributed by atoms with Gasteiger partial charge < -0.3 is 14.5 Å². The quantitative estimate of drug-likeness (QED) is 0.437. The first-order valence-electron chi connectivity index (χ1n) is 10.3. The van der Waals surface area contributed by atoms with E-state index < -0.39 is 11.1 Å². The number of ether oxygens (including phenoxy) is 2. The van der Waals surface area contributed by atoms with Gasteiger partial charge in [-0.3, -0.25) is 9.59 Å². The van der Waals surface area contributed by atoms with Gasteiger partial charge in [-0.15, -0.1) is 0 Å².